The van der Waals surface area contributed by atoms with Crippen molar-refractivity contribution in [3.8, 4) is 5.75 Å². The summed E-state index contributed by atoms with van der Waals surface area (Å²) in [7, 11) is 1.66. The number of hydrogen-bond acceptors (Lipinski definition) is 2. The SMILES string of the molecule is COc1cccc(CCC(=O)NCC(C(C)C)C(C)C)c1. The van der Waals surface area contributed by atoms with Crippen LogP contribution in [0.4, 0.5) is 0 Å². The Hall–Kier alpha value is -1.51. The van der Waals surface area contributed by atoms with Gasteiger partial charge in [-0.1, -0.05) is 39.8 Å². The van der Waals surface area contributed by atoms with Gasteiger partial charge in [0.05, 0.1) is 7.11 Å². The van der Waals surface area contributed by atoms with Crippen LogP contribution in [0.3, 0.4) is 0 Å². The Bertz CT molecular complexity index is 433. The lowest BCUT2D eigenvalue weighted by Gasteiger charge is -2.25. The van der Waals surface area contributed by atoms with E-state index in [4.69, 9.17) is 4.74 Å². The van der Waals surface area contributed by atoms with Crippen molar-refractivity contribution < 1.29 is 9.53 Å². The molecule has 0 saturated carbocycles. The van der Waals surface area contributed by atoms with E-state index >= 15 is 0 Å². The Labute approximate surface area is 129 Å². The molecule has 1 rings (SSSR count). The van der Waals surface area contributed by atoms with E-state index in [1.807, 2.05) is 24.3 Å². The Balaban J connectivity index is 2.40. The second kappa shape index (κ2) is 8.71. The van der Waals surface area contributed by atoms with Gasteiger partial charge in [0, 0.05) is 13.0 Å². The molecule has 0 saturated heterocycles. The summed E-state index contributed by atoms with van der Waals surface area (Å²) >= 11 is 0. The monoisotopic (exact) mass is 291 g/mol. The minimum atomic E-state index is 0.129. The van der Waals surface area contributed by atoms with Gasteiger partial charge < -0.3 is 10.1 Å². The largest absolute Gasteiger partial charge is 0.497 e. The van der Waals surface area contributed by atoms with E-state index in [0.29, 0.717) is 24.2 Å². The highest BCUT2D eigenvalue weighted by Crippen LogP contribution is 2.19. The lowest BCUT2D eigenvalue weighted by Crippen LogP contribution is -2.34. The standard InChI is InChI=1S/C18H29NO2/c1-13(2)17(14(3)4)12-19-18(20)10-9-15-7-6-8-16(11-15)21-5/h6-8,11,13-14,17H,9-10,12H2,1-5H3,(H,19,20). The summed E-state index contributed by atoms with van der Waals surface area (Å²) in [5, 5.41) is 3.07. The number of benzene rings is 1. The van der Waals surface area contributed by atoms with Crippen LogP contribution < -0.4 is 10.1 Å². The van der Waals surface area contributed by atoms with Crippen LogP contribution in [-0.4, -0.2) is 19.6 Å². The van der Waals surface area contributed by atoms with Gasteiger partial charge in [0.15, 0.2) is 0 Å². The second-order valence-electron chi connectivity index (χ2n) is 6.31. The first-order valence-electron chi connectivity index (χ1n) is 7.83. The van der Waals surface area contributed by atoms with Crippen LogP contribution in [-0.2, 0) is 11.2 Å². The summed E-state index contributed by atoms with van der Waals surface area (Å²) in [4.78, 5) is 12.0. The van der Waals surface area contributed by atoms with Crippen LogP contribution in [0.5, 0.6) is 5.75 Å². The summed E-state index contributed by atoms with van der Waals surface area (Å²) < 4.78 is 5.19. The van der Waals surface area contributed by atoms with Crippen molar-refractivity contribution in [3.05, 3.63) is 29.8 Å². The molecule has 0 radical (unpaired) electrons. The molecule has 21 heavy (non-hydrogen) atoms. The molecule has 0 spiro atoms. The van der Waals surface area contributed by atoms with E-state index < -0.39 is 0 Å². The third kappa shape index (κ3) is 6.19. The molecule has 0 aliphatic heterocycles. The van der Waals surface area contributed by atoms with Gasteiger partial charge in [0.1, 0.15) is 5.75 Å². The number of aryl methyl sites for hydroxylation is 1. The smallest absolute Gasteiger partial charge is 0.220 e. The molecule has 0 atom stereocenters. The van der Waals surface area contributed by atoms with Crippen LogP contribution in [0.2, 0.25) is 0 Å². The molecule has 0 aromatic heterocycles. The molecule has 1 aromatic rings. The number of ether oxygens (including phenoxy) is 1. The fraction of sp³-hybridized carbons (Fsp3) is 0.611. The average molecular weight is 291 g/mol. The van der Waals surface area contributed by atoms with Crippen molar-refractivity contribution in [1.82, 2.24) is 5.32 Å². The maximum absolute atomic E-state index is 12.0. The van der Waals surface area contributed by atoms with E-state index in [1.165, 1.54) is 0 Å². The number of amides is 1. The fourth-order valence-corrected chi connectivity index (χ4v) is 2.65. The fourth-order valence-electron chi connectivity index (χ4n) is 2.65. The Morgan fingerprint density at radius 1 is 1.19 bits per heavy atom. The van der Waals surface area contributed by atoms with Crippen LogP contribution in [0.1, 0.15) is 39.7 Å². The predicted molar refractivity (Wildman–Crippen MR) is 87.5 cm³/mol. The van der Waals surface area contributed by atoms with Gasteiger partial charge in [0.2, 0.25) is 5.91 Å². The number of nitrogens with one attached hydrogen (secondary N) is 1. The maximum atomic E-state index is 12.0. The minimum absolute atomic E-state index is 0.129. The molecule has 1 N–H and O–H groups in total. The molecule has 118 valence electrons. The van der Waals surface area contributed by atoms with Crippen molar-refractivity contribution in [1.29, 1.82) is 0 Å². The quantitative estimate of drug-likeness (QED) is 0.793. The molecule has 1 aromatic carbocycles. The predicted octanol–water partition coefficient (Wildman–Crippen LogP) is 3.67. The number of carbonyl (C=O) groups is 1. The second-order valence-corrected chi connectivity index (χ2v) is 6.31. The van der Waals surface area contributed by atoms with Crippen LogP contribution in [0.15, 0.2) is 24.3 Å². The number of carbonyl (C=O) groups excluding carboxylic acids is 1. The van der Waals surface area contributed by atoms with E-state index in [-0.39, 0.29) is 5.91 Å². The summed E-state index contributed by atoms with van der Waals surface area (Å²) in [6.45, 7) is 9.63. The molecule has 0 unspecified atom stereocenters. The molecule has 0 aliphatic carbocycles. The highest BCUT2D eigenvalue weighted by molar-refractivity contribution is 5.76. The maximum Gasteiger partial charge on any atom is 0.220 e. The summed E-state index contributed by atoms with van der Waals surface area (Å²) in [6, 6.07) is 7.89. The molecular weight excluding hydrogens is 262 g/mol. The van der Waals surface area contributed by atoms with Gasteiger partial charge in [-0.15, -0.1) is 0 Å². The van der Waals surface area contributed by atoms with Gasteiger partial charge in [-0.05, 0) is 41.9 Å². The number of rotatable bonds is 8. The van der Waals surface area contributed by atoms with Crippen LogP contribution in [0.25, 0.3) is 0 Å². The zero-order chi connectivity index (χ0) is 15.8. The van der Waals surface area contributed by atoms with E-state index in [1.54, 1.807) is 7.11 Å². The van der Waals surface area contributed by atoms with Gasteiger partial charge in [-0.3, -0.25) is 4.79 Å². The molecule has 0 bridgehead atoms. The zero-order valence-corrected chi connectivity index (χ0v) is 14.0. The molecule has 0 fully saturated rings. The number of hydrogen-bond donors (Lipinski definition) is 1. The Morgan fingerprint density at radius 3 is 2.43 bits per heavy atom. The highest BCUT2D eigenvalue weighted by atomic mass is 16.5. The molecular formula is C18H29NO2. The molecule has 0 heterocycles. The van der Waals surface area contributed by atoms with Gasteiger partial charge in [-0.25, -0.2) is 0 Å². The van der Waals surface area contributed by atoms with Crippen molar-refractivity contribution in [2.24, 2.45) is 17.8 Å². The first-order chi connectivity index (χ1) is 9.93. The highest BCUT2D eigenvalue weighted by Gasteiger charge is 2.18. The van der Waals surface area contributed by atoms with Crippen molar-refractivity contribution >= 4 is 5.91 Å². The molecule has 3 heteroatoms. The third-order valence-corrected chi connectivity index (χ3v) is 4.02. The Kier molecular flexibility index (Phi) is 7.27. The topological polar surface area (TPSA) is 38.3 Å². The minimum Gasteiger partial charge on any atom is -0.497 e. The van der Waals surface area contributed by atoms with E-state index in [2.05, 4.69) is 33.0 Å². The molecule has 3 nitrogen and oxygen atoms in total. The zero-order valence-electron chi connectivity index (χ0n) is 14.0. The lowest BCUT2D eigenvalue weighted by molar-refractivity contribution is -0.121. The van der Waals surface area contributed by atoms with Crippen molar-refractivity contribution in [2.75, 3.05) is 13.7 Å². The normalized spacial score (nSPS) is 11.2. The van der Waals surface area contributed by atoms with E-state index in [0.717, 1.165) is 24.3 Å². The van der Waals surface area contributed by atoms with Crippen LogP contribution in [0, 0.1) is 17.8 Å². The van der Waals surface area contributed by atoms with Gasteiger partial charge in [0.25, 0.3) is 0 Å². The van der Waals surface area contributed by atoms with Crippen LogP contribution >= 0.6 is 0 Å². The average Bonchev–Trinajstić information content (AvgIpc) is 2.44. The first kappa shape index (κ1) is 17.5. The molecule has 1 amide bonds. The van der Waals surface area contributed by atoms with Gasteiger partial charge in [-0.2, -0.15) is 0 Å². The Morgan fingerprint density at radius 2 is 1.86 bits per heavy atom. The lowest BCUT2D eigenvalue weighted by atomic mass is 9.85. The summed E-state index contributed by atoms with van der Waals surface area (Å²) in [5.74, 6) is 2.68. The van der Waals surface area contributed by atoms with Crippen molar-refractivity contribution in [3.63, 3.8) is 0 Å². The van der Waals surface area contributed by atoms with Gasteiger partial charge >= 0.3 is 0 Å². The van der Waals surface area contributed by atoms with Crippen molar-refractivity contribution in [2.45, 2.75) is 40.5 Å². The van der Waals surface area contributed by atoms with E-state index in [9.17, 15) is 4.79 Å². The summed E-state index contributed by atoms with van der Waals surface area (Å²) in [6.07, 6.45) is 1.27. The summed E-state index contributed by atoms with van der Waals surface area (Å²) in [5.41, 5.74) is 1.13. The number of methoxy groups -OCH3 is 1. The first-order valence-corrected chi connectivity index (χ1v) is 7.83. The third-order valence-electron chi connectivity index (χ3n) is 4.02. The molecule has 0 aliphatic rings.